The molecule has 0 saturated carbocycles. The Balaban J connectivity index is 3.18. The average molecular weight is 194 g/mol. The van der Waals surface area contributed by atoms with Gasteiger partial charge in [0.1, 0.15) is 0 Å². The average Bonchev–Trinajstić information content (AvgIpc) is 2.16. The van der Waals surface area contributed by atoms with Gasteiger partial charge in [0.15, 0.2) is 11.5 Å². The van der Waals surface area contributed by atoms with Crippen LogP contribution in [0.25, 0.3) is 0 Å². The van der Waals surface area contributed by atoms with E-state index >= 15 is 0 Å². The van der Waals surface area contributed by atoms with Crippen molar-refractivity contribution < 1.29 is 14.9 Å². The molecule has 0 aliphatic carbocycles. The van der Waals surface area contributed by atoms with Crippen LogP contribution in [0, 0.1) is 0 Å². The van der Waals surface area contributed by atoms with Gasteiger partial charge in [-0.2, -0.15) is 0 Å². The van der Waals surface area contributed by atoms with Crippen molar-refractivity contribution in [1.29, 1.82) is 0 Å². The monoisotopic (exact) mass is 194 g/mol. The summed E-state index contributed by atoms with van der Waals surface area (Å²) in [5, 5.41) is 8.62. The fraction of sp³-hybridized carbons (Fsp3) is 0.364. The molecule has 1 rings (SSSR count). The SMILES string of the molecule is CC(=O)c1ccc(C(C)C)cc1OO. The highest BCUT2D eigenvalue weighted by molar-refractivity contribution is 5.96. The molecule has 0 unspecified atom stereocenters. The van der Waals surface area contributed by atoms with E-state index in [1.807, 2.05) is 19.9 Å². The zero-order valence-corrected chi connectivity index (χ0v) is 8.57. The predicted molar refractivity (Wildman–Crippen MR) is 53.8 cm³/mol. The summed E-state index contributed by atoms with van der Waals surface area (Å²) in [6, 6.07) is 5.22. The lowest BCUT2D eigenvalue weighted by Crippen LogP contribution is -1.99. The topological polar surface area (TPSA) is 46.5 Å². The van der Waals surface area contributed by atoms with Crippen molar-refractivity contribution >= 4 is 5.78 Å². The summed E-state index contributed by atoms with van der Waals surface area (Å²) in [6.07, 6.45) is 0. The van der Waals surface area contributed by atoms with Gasteiger partial charge < -0.3 is 4.89 Å². The molecule has 1 N–H and O–H groups in total. The number of hydrogen-bond donors (Lipinski definition) is 1. The Morgan fingerprint density at radius 3 is 2.50 bits per heavy atom. The van der Waals surface area contributed by atoms with Crippen LogP contribution in [0.15, 0.2) is 18.2 Å². The van der Waals surface area contributed by atoms with Crippen LogP contribution < -0.4 is 4.89 Å². The lowest BCUT2D eigenvalue weighted by molar-refractivity contribution is -0.138. The van der Waals surface area contributed by atoms with Crippen LogP contribution in [-0.4, -0.2) is 11.0 Å². The smallest absolute Gasteiger partial charge is 0.176 e. The number of carbonyl (C=O) groups is 1. The number of ketones is 1. The van der Waals surface area contributed by atoms with Crippen molar-refractivity contribution in [2.75, 3.05) is 0 Å². The van der Waals surface area contributed by atoms with E-state index in [0.29, 0.717) is 11.5 Å². The third-order valence-electron chi connectivity index (χ3n) is 2.15. The van der Waals surface area contributed by atoms with E-state index in [1.54, 1.807) is 12.1 Å². The van der Waals surface area contributed by atoms with Crippen LogP contribution in [-0.2, 0) is 0 Å². The van der Waals surface area contributed by atoms with Gasteiger partial charge in [0.2, 0.25) is 0 Å². The summed E-state index contributed by atoms with van der Waals surface area (Å²) >= 11 is 0. The molecular formula is C11H14O3. The van der Waals surface area contributed by atoms with Crippen molar-refractivity contribution in [2.24, 2.45) is 0 Å². The molecule has 14 heavy (non-hydrogen) atoms. The number of Topliss-reactive ketones (excluding diaryl/α,β-unsaturated/α-hetero) is 1. The fourth-order valence-electron chi connectivity index (χ4n) is 1.26. The van der Waals surface area contributed by atoms with Crippen molar-refractivity contribution in [1.82, 2.24) is 0 Å². The minimum absolute atomic E-state index is 0.121. The second kappa shape index (κ2) is 4.24. The van der Waals surface area contributed by atoms with E-state index in [0.717, 1.165) is 5.56 Å². The second-order valence-electron chi connectivity index (χ2n) is 3.56. The van der Waals surface area contributed by atoms with E-state index in [1.165, 1.54) is 6.92 Å². The first-order chi connectivity index (χ1) is 6.56. The lowest BCUT2D eigenvalue weighted by Gasteiger charge is -2.08. The Morgan fingerprint density at radius 1 is 1.43 bits per heavy atom. The first kappa shape index (κ1) is 10.7. The molecule has 3 nitrogen and oxygen atoms in total. The fourth-order valence-corrected chi connectivity index (χ4v) is 1.26. The van der Waals surface area contributed by atoms with Gasteiger partial charge in [0.25, 0.3) is 0 Å². The number of carbonyl (C=O) groups excluding carboxylic acids is 1. The molecule has 0 bridgehead atoms. The highest BCUT2D eigenvalue weighted by atomic mass is 17.1. The molecule has 0 fully saturated rings. The molecule has 0 heterocycles. The third kappa shape index (κ3) is 2.12. The molecular weight excluding hydrogens is 180 g/mol. The summed E-state index contributed by atoms with van der Waals surface area (Å²) in [6.45, 7) is 5.50. The van der Waals surface area contributed by atoms with Crippen LogP contribution in [0.5, 0.6) is 5.75 Å². The molecule has 0 saturated heterocycles. The summed E-state index contributed by atoms with van der Waals surface area (Å²) in [4.78, 5) is 15.3. The van der Waals surface area contributed by atoms with E-state index < -0.39 is 0 Å². The van der Waals surface area contributed by atoms with Gasteiger partial charge in [-0.05, 0) is 30.5 Å². The summed E-state index contributed by atoms with van der Waals surface area (Å²) < 4.78 is 0. The van der Waals surface area contributed by atoms with Crippen LogP contribution in [0.3, 0.4) is 0 Å². The number of rotatable bonds is 3. The van der Waals surface area contributed by atoms with Crippen molar-refractivity contribution in [3.05, 3.63) is 29.3 Å². The highest BCUT2D eigenvalue weighted by Gasteiger charge is 2.10. The molecule has 1 aromatic rings. The minimum Gasteiger partial charge on any atom is -0.339 e. The standard InChI is InChI=1S/C11H14O3/c1-7(2)9-4-5-10(8(3)12)11(6-9)14-13/h4-7,13H,1-3H3. The van der Waals surface area contributed by atoms with Gasteiger partial charge in [-0.15, -0.1) is 0 Å². The molecule has 0 aliphatic rings. The van der Waals surface area contributed by atoms with Gasteiger partial charge >= 0.3 is 0 Å². The first-order valence-corrected chi connectivity index (χ1v) is 4.52. The van der Waals surface area contributed by atoms with Gasteiger partial charge in [-0.25, -0.2) is 5.26 Å². The maximum Gasteiger partial charge on any atom is 0.176 e. The third-order valence-corrected chi connectivity index (χ3v) is 2.15. The zero-order chi connectivity index (χ0) is 10.7. The van der Waals surface area contributed by atoms with E-state index in [4.69, 9.17) is 5.26 Å². The quantitative estimate of drug-likeness (QED) is 0.457. The molecule has 0 spiro atoms. The molecule has 0 radical (unpaired) electrons. The van der Waals surface area contributed by atoms with Crippen molar-refractivity contribution in [3.8, 4) is 5.75 Å². The zero-order valence-electron chi connectivity index (χ0n) is 8.57. The maximum absolute atomic E-state index is 11.1. The maximum atomic E-state index is 11.1. The molecule has 3 heteroatoms. The Hall–Kier alpha value is -1.35. The van der Waals surface area contributed by atoms with Crippen LogP contribution >= 0.6 is 0 Å². The Labute approximate surface area is 83.3 Å². The summed E-state index contributed by atoms with van der Waals surface area (Å²) in [7, 11) is 0. The number of hydrogen-bond acceptors (Lipinski definition) is 3. The van der Waals surface area contributed by atoms with E-state index in [-0.39, 0.29) is 11.5 Å². The largest absolute Gasteiger partial charge is 0.339 e. The lowest BCUT2D eigenvalue weighted by atomic mass is 10.00. The molecule has 1 aromatic carbocycles. The Morgan fingerprint density at radius 2 is 2.07 bits per heavy atom. The Bertz CT molecular complexity index is 342. The highest BCUT2D eigenvalue weighted by Crippen LogP contribution is 2.24. The first-order valence-electron chi connectivity index (χ1n) is 4.52. The summed E-state index contributed by atoms with van der Waals surface area (Å²) in [5.74, 6) is 0.443. The van der Waals surface area contributed by atoms with E-state index in [9.17, 15) is 4.79 Å². The molecule has 0 aliphatic heterocycles. The Kier molecular flexibility index (Phi) is 3.25. The van der Waals surface area contributed by atoms with Crippen LogP contribution in [0.4, 0.5) is 0 Å². The summed E-state index contributed by atoms with van der Waals surface area (Å²) in [5.41, 5.74) is 1.43. The minimum atomic E-state index is -0.121. The van der Waals surface area contributed by atoms with Crippen LogP contribution in [0.2, 0.25) is 0 Å². The number of benzene rings is 1. The van der Waals surface area contributed by atoms with Gasteiger partial charge in [-0.3, -0.25) is 4.79 Å². The molecule has 0 amide bonds. The van der Waals surface area contributed by atoms with Crippen LogP contribution in [0.1, 0.15) is 42.6 Å². The van der Waals surface area contributed by atoms with Crippen molar-refractivity contribution in [3.63, 3.8) is 0 Å². The molecule has 0 aromatic heterocycles. The predicted octanol–water partition coefficient (Wildman–Crippen LogP) is 2.86. The normalized spacial score (nSPS) is 10.4. The van der Waals surface area contributed by atoms with Crippen molar-refractivity contribution in [2.45, 2.75) is 26.7 Å². The molecule has 0 atom stereocenters. The van der Waals surface area contributed by atoms with Gasteiger partial charge in [0, 0.05) is 0 Å². The van der Waals surface area contributed by atoms with Gasteiger partial charge in [0.05, 0.1) is 5.56 Å². The van der Waals surface area contributed by atoms with Gasteiger partial charge in [-0.1, -0.05) is 19.9 Å². The van der Waals surface area contributed by atoms with E-state index in [2.05, 4.69) is 4.89 Å². The molecule has 76 valence electrons. The second-order valence-corrected chi connectivity index (χ2v) is 3.56.